The maximum atomic E-state index is 12.9. The van der Waals surface area contributed by atoms with Gasteiger partial charge in [0.1, 0.15) is 11.5 Å². The van der Waals surface area contributed by atoms with E-state index in [1.54, 1.807) is 6.07 Å². The predicted molar refractivity (Wildman–Crippen MR) is 112 cm³/mol. The van der Waals surface area contributed by atoms with E-state index in [-0.39, 0.29) is 12.3 Å². The number of hydrogen-bond donors (Lipinski definition) is 0. The van der Waals surface area contributed by atoms with Crippen molar-refractivity contribution in [2.24, 2.45) is 0 Å². The first-order valence-electron chi connectivity index (χ1n) is 9.48. The van der Waals surface area contributed by atoms with E-state index < -0.39 is 5.97 Å². The summed E-state index contributed by atoms with van der Waals surface area (Å²) in [5.41, 5.74) is 2.30. The minimum atomic E-state index is -0.545. The Balaban J connectivity index is 1.74. The highest BCUT2D eigenvalue weighted by atomic mass is 16.7. The average Bonchev–Trinajstić information content (AvgIpc) is 2.74. The van der Waals surface area contributed by atoms with Gasteiger partial charge in [-0.15, -0.1) is 5.06 Å². The summed E-state index contributed by atoms with van der Waals surface area (Å²) in [4.78, 5) is 29.7. The molecular weight excluding hydrogens is 366 g/mol. The van der Waals surface area contributed by atoms with E-state index >= 15 is 0 Å². The number of ether oxygens (including phenoxy) is 1. The number of rotatable bonds is 6. The molecule has 0 radical (unpaired) electrons. The molecule has 3 aromatic carbocycles. The number of carbonyl (C=O) groups is 2. The molecule has 0 fully saturated rings. The molecule has 0 aromatic heterocycles. The molecule has 0 unspecified atom stereocenters. The largest absolute Gasteiger partial charge is 0.457 e. The van der Waals surface area contributed by atoms with Gasteiger partial charge in [0, 0.05) is 6.92 Å². The van der Waals surface area contributed by atoms with E-state index in [0.29, 0.717) is 17.9 Å². The Labute approximate surface area is 170 Å². The minimum absolute atomic E-state index is 0.0942. The minimum Gasteiger partial charge on any atom is -0.457 e. The highest BCUT2D eigenvalue weighted by Gasteiger charge is 2.22. The lowest BCUT2D eigenvalue weighted by Gasteiger charge is -2.23. The molecule has 1 amide bonds. The van der Waals surface area contributed by atoms with E-state index in [9.17, 15) is 9.59 Å². The summed E-state index contributed by atoms with van der Waals surface area (Å²) in [7, 11) is 0. The van der Waals surface area contributed by atoms with Crippen LogP contribution in [0.15, 0.2) is 78.9 Å². The van der Waals surface area contributed by atoms with Gasteiger partial charge in [-0.1, -0.05) is 55.5 Å². The van der Waals surface area contributed by atoms with Crippen LogP contribution in [0, 0.1) is 0 Å². The number of aryl methyl sites for hydroxylation is 1. The third kappa shape index (κ3) is 5.45. The van der Waals surface area contributed by atoms with Crippen LogP contribution in [0.2, 0.25) is 0 Å². The number of hydroxylamine groups is 1. The molecule has 0 aliphatic heterocycles. The molecule has 5 nitrogen and oxygen atoms in total. The van der Waals surface area contributed by atoms with Gasteiger partial charge in [0.2, 0.25) is 0 Å². The first-order valence-corrected chi connectivity index (χ1v) is 9.48. The summed E-state index contributed by atoms with van der Waals surface area (Å²) in [5.74, 6) is 0.558. The zero-order valence-corrected chi connectivity index (χ0v) is 16.5. The first-order chi connectivity index (χ1) is 14.1. The van der Waals surface area contributed by atoms with Gasteiger partial charge in [-0.25, -0.2) is 4.79 Å². The SMILES string of the molecule is CCc1ccccc1N(OC(C)=O)C(=O)Cc1ccc(Oc2ccccc2)cc1. The smallest absolute Gasteiger partial charge is 0.330 e. The highest BCUT2D eigenvalue weighted by Crippen LogP contribution is 2.24. The van der Waals surface area contributed by atoms with E-state index in [1.165, 1.54) is 6.92 Å². The zero-order chi connectivity index (χ0) is 20.6. The van der Waals surface area contributed by atoms with Gasteiger partial charge in [-0.2, -0.15) is 0 Å². The number of hydrogen-bond acceptors (Lipinski definition) is 4. The van der Waals surface area contributed by atoms with Crippen molar-refractivity contribution in [2.45, 2.75) is 26.7 Å². The van der Waals surface area contributed by atoms with Gasteiger partial charge >= 0.3 is 5.97 Å². The third-order valence-corrected chi connectivity index (χ3v) is 4.30. The van der Waals surface area contributed by atoms with Crippen molar-refractivity contribution >= 4 is 17.6 Å². The van der Waals surface area contributed by atoms with Gasteiger partial charge in [0.15, 0.2) is 0 Å². The molecule has 148 valence electrons. The number of carbonyl (C=O) groups excluding carboxylic acids is 2. The van der Waals surface area contributed by atoms with Crippen LogP contribution in [0.5, 0.6) is 11.5 Å². The Morgan fingerprint density at radius 1 is 0.828 bits per heavy atom. The van der Waals surface area contributed by atoms with Crippen LogP contribution < -0.4 is 9.80 Å². The quantitative estimate of drug-likeness (QED) is 0.551. The summed E-state index contributed by atoms with van der Waals surface area (Å²) in [5, 5.41) is 1.09. The standard InChI is InChI=1S/C24H23NO4/c1-3-20-9-7-8-12-23(20)25(29-18(2)26)24(27)17-19-13-15-22(16-14-19)28-21-10-5-4-6-11-21/h4-16H,3,17H2,1-2H3. The van der Waals surface area contributed by atoms with E-state index in [2.05, 4.69) is 0 Å². The molecule has 3 rings (SSSR count). The van der Waals surface area contributed by atoms with E-state index in [0.717, 1.165) is 21.9 Å². The van der Waals surface area contributed by atoms with Crippen LogP contribution in [0.4, 0.5) is 5.69 Å². The number of benzene rings is 3. The van der Waals surface area contributed by atoms with E-state index in [4.69, 9.17) is 9.57 Å². The molecule has 5 heteroatoms. The van der Waals surface area contributed by atoms with Crippen LogP contribution >= 0.6 is 0 Å². The average molecular weight is 389 g/mol. The predicted octanol–water partition coefficient (Wildman–Crippen LogP) is 5.10. The molecule has 29 heavy (non-hydrogen) atoms. The Morgan fingerprint density at radius 2 is 1.45 bits per heavy atom. The molecule has 0 saturated carbocycles. The maximum Gasteiger partial charge on any atom is 0.330 e. The highest BCUT2D eigenvalue weighted by molar-refractivity contribution is 5.95. The second kappa shape index (κ2) is 9.55. The summed E-state index contributed by atoms with van der Waals surface area (Å²) in [6.45, 7) is 3.27. The Kier molecular flexibility index (Phi) is 6.63. The lowest BCUT2D eigenvalue weighted by Crippen LogP contribution is -2.34. The fraction of sp³-hybridized carbons (Fsp3) is 0.167. The van der Waals surface area contributed by atoms with Crippen LogP contribution in [0.3, 0.4) is 0 Å². The van der Waals surface area contributed by atoms with Crippen LogP contribution in [-0.2, 0) is 27.3 Å². The second-order valence-corrected chi connectivity index (χ2v) is 6.49. The van der Waals surface area contributed by atoms with Crippen molar-refractivity contribution < 1.29 is 19.2 Å². The van der Waals surface area contributed by atoms with Crippen molar-refractivity contribution in [1.29, 1.82) is 0 Å². The normalized spacial score (nSPS) is 10.3. The molecule has 0 heterocycles. The first kappa shape index (κ1) is 20.1. The Bertz CT molecular complexity index is 968. The summed E-state index contributed by atoms with van der Waals surface area (Å²) >= 11 is 0. The molecule has 3 aromatic rings. The van der Waals surface area contributed by atoms with Crippen LogP contribution in [0.25, 0.3) is 0 Å². The number of anilines is 1. The zero-order valence-electron chi connectivity index (χ0n) is 16.5. The monoisotopic (exact) mass is 389 g/mol. The molecule has 0 spiro atoms. The lowest BCUT2D eigenvalue weighted by molar-refractivity contribution is -0.148. The molecule has 0 aliphatic carbocycles. The van der Waals surface area contributed by atoms with Crippen LogP contribution in [-0.4, -0.2) is 11.9 Å². The summed E-state index contributed by atoms with van der Waals surface area (Å²) in [6.07, 6.45) is 0.809. The third-order valence-electron chi connectivity index (χ3n) is 4.30. The van der Waals surface area contributed by atoms with Crippen molar-refractivity contribution in [1.82, 2.24) is 0 Å². The fourth-order valence-electron chi connectivity index (χ4n) is 2.92. The molecule has 0 aliphatic rings. The molecule has 0 bridgehead atoms. The summed E-state index contributed by atoms with van der Waals surface area (Å²) < 4.78 is 5.77. The Morgan fingerprint density at radius 3 is 2.10 bits per heavy atom. The number of amides is 1. The lowest BCUT2D eigenvalue weighted by atomic mass is 10.1. The molecule has 0 atom stereocenters. The summed E-state index contributed by atoms with van der Waals surface area (Å²) in [6, 6.07) is 24.1. The number of nitrogens with zero attached hydrogens (tertiary/aromatic N) is 1. The maximum absolute atomic E-state index is 12.9. The molecular formula is C24H23NO4. The second-order valence-electron chi connectivity index (χ2n) is 6.49. The Hall–Kier alpha value is -3.60. The van der Waals surface area contributed by atoms with Crippen molar-refractivity contribution in [3.05, 3.63) is 90.0 Å². The molecule has 0 N–H and O–H groups in total. The van der Waals surface area contributed by atoms with Gasteiger partial charge in [0.05, 0.1) is 12.1 Å². The van der Waals surface area contributed by atoms with Crippen molar-refractivity contribution in [3.8, 4) is 11.5 Å². The van der Waals surface area contributed by atoms with Crippen molar-refractivity contribution in [3.63, 3.8) is 0 Å². The fourth-order valence-corrected chi connectivity index (χ4v) is 2.92. The van der Waals surface area contributed by atoms with Crippen LogP contribution in [0.1, 0.15) is 25.0 Å². The van der Waals surface area contributed by atoms with Gasteiger partial charge in [0.25, 0.3) is 5.91 Å². The molecule has 0 saturated heterocycles. The van der Waals surface area contributed by atoms with Gasteiger partial charge in [-0.3, -0.25) is 4.79 Å². The van der Waals surface area contributed by atoms with Crippen molar-refractivity contribution in [2.75, 3.05) is 5.06 Å². The van der Waals surface area contributed by atoms with Gasteiger partial charge in [-0.05, 0) is 47.9 Å². The topological polar surface area (TPSA) is 55.8 Å². The number of para-hydroxylation sites is 2. The van der Waals surface area contributed by atoms with E-state index in [1.807, 2.05) is 79.7 Å². The van der Waals surface area contributed by atoms with Gasteiger partial charge < -0.3 is 9.57 Å².